The summed E-state index contributed by atoms with van der Waals surface area (Å²) in [7, 11) is 0. The summed E-state index contributed by atoms with van der Waals surface area (Å²) in [6, 6.07) is 10.4. The summed E-state index contributed by atoms with van der Waals surface area (Å²) in [4.78, 5) is 22.5. The Kier molecular flexibility index (Phi) is 4.84. The van der Waals surface area contributed by atoms with E-state index < -0.39 is 5.41 Å². The Labute approximate surface area is 189 Å². The van der Waals surface area contributed by atoms with Crippen LogP contribution in [0.15, 0.2) is 76.0 Å². The first-order chi connectivity index (χ1) is 15.4. The van der Waals surface area contributed by atoms with Crippen molar-refractivity contribution in [3.05, 3.63) is 82.7 Å². The van der Waals surface area contributed by atoms with E-state index in [2.05, 4.69) is 77.5 Å². The lowest BCUT2D eigenvalue weighted by molar-refractivity contribution is -0.119. The van der Waals surface area contributed by atoms with Gasteiger partial charge in [-0.05, 0) is 35.4 Å². The zero-order chi connectivity index (χ0) is 22.5. The van der Waals surface area contributed by atoms with E-state index in [1.165, 1.54) is 0 Å². The average Bonchev–Trinajstić information content (AvgIpc) is 3.25. The topological polar surface area (TPSA) is 79.6 Å². The molecule has 0 amide bonds. The van der Waals surface area contributed by atoms with Crippen molar-refractivity contribution in [2.45, 2.75) is 64.5 Å². The van der Waals surface area contributed by atoms with Crippen LogP contribution in [0.25, 0.3) is 0 Å². The van der Waals surface area contributed by atoms with Crippen LogP contribution in [0.1, 0.15) is 69.8 Å². The van der Waals surface area contributed by atoms with Crippen LogP contribution >= 0.6 is 0 Å². The molecule has 2 aromatic rings. The van der Waals surface area contributed by atoms with Gasteiger partial charge in [0.15, 0.2) is 11.9 Å². The number of rotatable bonds is 4. The number of fused-ring (bicyclic) bond motifs is 1. The van der Waals surface area contributed by atoms with E-state index in [0.717, 1.165) is 46.6 Å². The summed E-state index contributed by atoms with van der Waals surface area (Å²) in [5.41, 5.74) is 4.64. The Morgan fingerprint density at radius 1 is 1.16 bits per heavy atom. The molecule has 0 radical (unpaired) electrons. The van der Waals surface area contributed by atoms with E-state index in [4.69, 9.17) is 0 Å². The van der Waals surface area contributed by atoms with Crippen LogP contribution in [0.3, 0.4) is 0 Å². The minimum absolute atomic E-state index is 0.0453. The highest BCUT2D eigenvalue weighted by atomic mass is 16.1. The van der Waals surface area contributed by atoms with E-state index in [0.29, 0.717) is 6.42 Å². The third-order valence-corrected chi connectivity index (χ3v) is 7.16. The summed E-state index contributed by atoms with van der Waals surface area (Å²) in [6.45, 7) is 8.60. The Morgan fingerprint density at radius 2 is 1.94 bits per heavy atom. The third kappa shape index (κ3) is 3.12. The Bertz CT molecular complexity index is 1160. The van der Waals surface area contributed by atoms with E-state index in [1.807, 2.05) is 12.3 Å². The number of aromatic nitrogens is 2. The summed E-state index contributed by atoms with van der Waals surface area (Å²) in [5, 5.41) is 12.3. The number of nitrogens with one attached hydrogen (secondary N) is 1. The number of hydrogen-bond acceptors (Lipinski definition) is 6. The molecule has 6 heteroatoms. The molecular formula is C26H29N5O. The van der Waals surface area contributed by atoms with Crippen molar-refractivity contribution in [2.75, 3.05) is 0 Å². The van der Waals surface area contributed by atoms with Gasteiger partial charge >= 0.3 is 0 Å². The molecule has 2 aliphatic heterocycles. The van der Waals surface area contributed by atoms with Gasteiger partial charge in [-0.1, -0.05) is 52.0 Å². The molecule has 0 saturated heterocycles. The SMILES string of the molecule is CC[C@@]1(c2cccc([C@@H](C)c3ncccn3)c2)C2=CN=NC2NC2=C1C(=O)CC(C)(C)C2. The number of benzene rings is 1. The lowest BCUT2D eigenvalue weighted by Gasteiger charge is -2.48. The lowest BCUT2D eigenvalue weighted by atomic mass is 9.58. The fraction of sp³-hybridized carbons (Fsp3) is 0.423. The molecule has 5 rings (SSSR count). The fourth-order valence-corrected chi connectivity index (χ4v) is 5.65. The van der Waals surface area contributed by atoms with Gasteiger partial charge < -0.3 is 5.32 Å². The molecule has 3 atom stereocenters. The molecule has 3 heterocycles. The summed E-state index contributed by atoms with van der Waals surface area (Å²) in [6.07, 6.45) is 7.35. The van der Waals surface area contributed by atoms with Gasteiger partial charge in [-0.2, -0.15) is 10.2 Å². The molecule has 1 aliphatic carbocycles. The van der Waals surface area contributed by atoms with Crippen molar-refractivity contribution in [1.29, 1.82) is 0 Å². The van der Waals surface area contributed by atoms with E-state index in [-0.39, 0.29) is 23.3 Å². The first-order valence-corrected chi connectivity index (χ1v) is 11.4. The molecule has 0 spiro atoms. The normalized spacial score (nSPS) is 26.8. The predicted molar refractivity (Wildman–Crippen MR) is 123 cm³/mol. The molecule has 0 bridgehead atoms. The van der Waals surface area contributed by atoms with Gasteiger partial charge in [0.2, 0.25) is 0 Å². The average molecular weight is 428 g/mol. The Hall–Kier alpha value is -3.15. The fourth-order valence-electron chi connectivity index (χ4n) is 5.65. The van der Waals surface area contributed by atoms with Crippen LogP contribution in [-0.2, 0) is 10.2 Å². The molecular weight excluding hydrogens is 398 g/mol. The predicted octanol–water partition coefficient (Wildman–Crippen LogP) is 5.20. The van der Waals surface area contributed by atoms with Gasteiger partial charge in [0.05, 0.1) is 11.6 Å². The largest absolute Gasteiger partial charge is 0.362 e. The van der Waals surface area contributed by atoms with Crippen molar-refractivity contribution in [3.8, 4) is 0 Å². The number of azo groups is 1. The van der Waals surface area contributed by atoms with Gasteiger partial charge in [-0.15, -0.1) is 0 Å². The molecule has 32 heavy (non-hydrogen) atoms. The minimum atomic E-state index is -0.532. The first-order valence-electron chi connectivity index (χ1n) is 11.4. The molecule has 1 N–H and O–H groups in total. The van der Waals surface area contributed by atoms with Gasteiger partial charge in [-0.25, -0.2) is 9.97 Å². The zero-order valence-electron chi connectivity index (χ0n) is 19.1. The van der Waals surface area contributed by atoms with E-state index >= 15 is 0 Å². The molecule has 3 aliphatic rings. The van der Waals surface area contributed by atoms with Gasteiger partial charge in [0.1, 0.15) is 5.82 Å². The number of Topliss-reactive ketones (excluding diaryl/α,β-unsaturated/α-hetero) is 1. The lowest BCUT2D eigenvalue weighted by Crippen LogP contribution is -2.51. The molecule has 164 valence electrons. The maximum absolute atomic E-state index is 13.6. The second-order valence-corrected chi connectivity index (χ2v) is 9.87. The van der Waals surface area contributed by atoms with Crippen molar-refractivity contribution in [1.82, 2.24) is 15.3 Å². The van der Waals surface area contributed by atoms with Crippen molar-refractivity contribution in [3.63, 3.8) is 0 Å². The molecule has 1 unspecified atom stereocenters. The number of carbonyl (C=O) groups excluding carboxylic acids is 1. The number of ketones is 1. The minimum Gasteiger partial charge on any atom is -0.362 e. The maximum atomic E-state index is 13.6. The standard InChI is InChI=1S/C26H29N5O/c1-5-26(18-9-6-8-17(12-18)16(2)23-27-10-7-11-28-23)19-15-29-31-24(19)30-20-13-25(3,4)14-21(32)22(20)26/h6-12,15-16,24,30H,5,13-14H2,1-4H3/t16-,24?,26-/m1/s1. The van der Waals surface area contributed by atoms with Crippen LogP contribution in [0.4, 0.5) is 0 Å². The molecule has 0 fully saturated rings. The molecule has 6 nitrogen and oxygen atoms in total. The monoisotopic (exact) mass is 427 g/mol. The second kappa shape index (κ2) is 7.47. The van der Waals surface area contributed by atoms with Gasteiger partial charge in [-0.3, -0.25) is 4.79 Å². The summed E-state index contributed by atoms with van der Waals surface area (Å²) < 4.78 is 0. The first kappa shape index (κ1) is 20.7. The van der Waals surface area contributed by atoms with Crippen LogP contribution < -0.4 is 5.32 Å². The highest BCUT2D eigenvalue weighted by Crippen LogP contribution is 2.53. The van der Waals surface area contributed by atoms with Crippen molar-refractivity contribution >= 4 is 5.78 Å². The summed E-state index contributed by atoms with van der Waals surface area (Å²) in [5.74, 6) is 1.06. The number of hydrogen-bond donors (Lipinski definition) is 1. The Balaban J connectivity index is 1.68. The van der Waals surface area contributed by atoms with Crippen LogP contribution in [0.5, 0.6) is 0 Å². The quantitative estimate of drug-likeness (QED) is 0.727. The van der Waals surface area contributed by atoms with Gasteiger partial charge in [0, 0.05) is 41.6 Å². The second-order valence-electron chi connectivity index (χ2n) is 9.87. The smallest absolute Gasteiger partial charge is 0.164 e. The van der Waals surface area contributed by atoms with Crippen LogP contribution in [0.2, 0.25) is 0 Å². The van der Waals surface area contributed by atoms with Gasteiger partial charge in [0.25, 0.3) is 0 Å². The Morgan fingerprint density at radius 3 is 2.69 bits per heavy atom. The molecule has 1 aromatic heterocycles. The van der Waals surface area contributed by atoms with E-state index in [1.54, 1.807) is 12.4 Å². The number of allylic oxidation sites excluding steroid dienone is 2. The van der Waals surface area contributed by atoms with Crippen molar-refractivity contribution in [2.24, 2.45) is 15.6 Å². The van der Waals surface area contributed by atoms with Crippen LogP contribution in [-0.4, -0.2) is 21.9 Å². The third-order valence-electron chi connectivity index (χ3n) is 7.16. The zero-order valence-corrected chi connectivity index (χ0v) is 19.1. The van der Waals surface area contributed by atoms with Crippen LogP contribution in [0, 0.1) is 5.41 Å². The number of carbonyl (C=O) groups is 1. The molecule has 0 saturated carbocycles. The highest BCUT2D eigenvalue weighted by molar-refractivity contribution is 6.01. The van der Waals surface area contributed by atoms with Crippen molar-refractivity contribution < 1.29 is 4.79 Å². The molecule has 1 aromatic carbocycles. The summed E-state index contributed by atoms with van der Waals surface area (Å²) >= 11 is 0. The maximum Gasteiger partial charge on any atom is 0.164 e. The van der Waals surface area contributed by atoms with E-state index in [9.17, 15) is 4.79 Å². The number of nitrogens with zero attached hydrogens (tertiary/aromatic N) is 4. The highest BCUT2D eigenvalue weighted by Gasteiger charge is 2.53.